The number of hydrogen-bond donors (Lipinski definition) is 2. The third-order valence-corrected chi connectivity index (χ3v) is 5.13. The minimum Gasteiger partial charge on any atom is -0.337 e. The van der Waals surface area contributed by atoms with Crippen molar-refractivity contribution in [3.63, 3.8) is 0 Å². The highest BCUT2D eigenvalue weighted by Crippen LogP contribution is 2.31. The molecule has 1 aliphatic heterocycles. The van der Waals surface area contributed by atoms with Crippen molar-refractivity contribution in [3.05, 3.63) is 51.7 Å². The lowest BCUT2D eigenvalue weighted by atomic mass is 9.90. The Balaban J connectivity index is 1.59. The predicted octanol–water partition coefficient (Wildman–Crippen LogP) is 3.32. The van der Waals surface area contributed by atoms with Gasteiger partial charge in [0.05, 0.1) is 6.54 Å². The van der Waals surface area contributed by atoms with Crippen LogP contribution >= 0.6 is 11.3 Å². The van der Waals surface area contributed by atoms with Gasteiger partial charge >= 0.3 is 6.03 Å². The van der Waals surface area contributed by atoms with Crippen molar-refractivity contribution >= 4 is 29.0 Å². The van der Waals surface area contributed by atoms with Gasteiger partial charge in [0.15, 0.2) is 0 Å². The third-order valence-electron chi connectivity index (χ3n) is 4.14. The van der Waals surface area contributed by atoms with Gasteiger partial charge in [0.1, 0.15) is 0 Å². The minimum atomic E-state index is -0.121. The van der Waals surface area contributed by atoms with Crippen molar-refractivity contribution in [1.82, 2.24) is 10.2 Å². The molecule has 1 aliphatic rings. The van der Waals surface area contributed by atoms with Gasteiger partial charge in [-0.15, -0.1) is 11.3 Å². The van der Waals surface area contributed by atoms with E-state index in [2.05, 4.69) is 23.6 Å². The summed E-state index contributed by atoms with van der Waals surface area (Å²) in [4.78, 5) is 28.2. The summed E-state index contributed by atoms with van der Waals surface area (Å²) in [6.07, 6.45) is 0.394. The maximum absolute atomic E-state index is 12.3. The highest BCUT2D eigenvalue weighted by atomic mass is 32.1. The molecule has 1 atom stereocenters. The molecule has 0 saturated heterocycles. The first-order chi connectivity index (χ1) is 11.5. The molecule has 24 heavy (non-hydrogen) atoms. The van der Waals surface area contributed by atoms with Crippen LogP contribution in [0.25, 0.3) is 0 Å². The molecule has 0 aliphatic carbocycles. The van der Waals surface area contributed by atoms with E-state index in [1.165, 1.54) is 4.88 Å². The van der Waals surface area contributed by atoms with Crippen molar-refractivity contribution in [1.29, 1.82) is 0 Å². The fraction of sp³-hybridized carbons (Fsp3) is 0.333. The SMILES string of the molecule is Cc1ccc(CN(C)C(=O)NC[C@H]2CC(=O)Nc3ccccc32)s1. The first-order valence-corrected chi connectivity index (χ1v) is 8.77. The molecule has 2 aromatic rings. The standard InChI is InChI=1S/C18H21N3O2S/c1-12-7-8-14(24-12)11-21(2)18(23)19-10-13-9-17(22)20-16-6-4-3-5-15(13)16/h3-8,13H,9-11H2,1-2H3,(H,19,23)(H,20,22)/t13-/m1/s1. The average Bonchev–Trinajstić information content (AvgIpc) is 2.97. The second-order valence-corrected chi connectivity index (χ2v) is 7.46. The Morgan fingerprint density at radius 3 is 2.88 bits per heavy atom. The van der Waals surface area contributed by atoms with Crippen molar-refractivity contribution < 1.29 is 9.59 Å². The zero-order valence-corrected chi connectivity index (χ0v) is 14.7. The summed E-state index contributed by atoms with van der Waals surface area (Å²) in [5.41, 5.74) is 1.92. The van der Waals surface area contributed by atoms with Gasteiger partial charge in [-0.2, -0.15) is 0 Å². The van der Waals surface area contributed by atoms with Crippen LogP contribution in [0, 0.1) is 6.92 Å². The summed E-state index contributed by atoms with van der Waals surface area (Å²) in [6.45, 7) is 3.10. The highest BCUT2D eigenvalue weighted by Gasteiger charge is 2.25. The van der Waals surface area contributed by atoms with Gasteiger partial charge in [0, 0.05) is 41.4 Å². The predicted molar refractivity (Wildman–Crippen MR) is 96.4 cm³/mol. The second kappa shape index (κ2) is 7.05. The molecule has 0 saturated carbocycles. The van der Waals surface area contributed by atoms with E-state index in [0.717, 1.165) is 16.1 Å². The fourth-order valence-corrected chi connectivity index (χ4v) is 3.85. The first-order valence-electron chi connectivity index (χ1n) is 7.96. The molecule has 5 nitrogen and oxygen atoms in total. The quantitative estimate of drug-likeness (QED) is 0.894. The number of carbonyl (C=O) groups is 2. The van der Waals surface area contributed by atoms with Crippen LogP contribution in [0.3, 0.4) is 0 Å². The Kier molecular flexibility index (Phi) is 4.85. The molecule has 0 bridgehead atoms. The number of aryl methyl sites for hydroxylation is 1. The van der Waals surface area contributed by atoms with E-state index in [9.17, 15) is 9.59 Å². The normalized spacial score (nSPS) is 16.2. The fourth-order valence-electron chi connectivity index (χ4n) is 2.91. The second-order valence-electron chi connectivity index (χ2n) is 6.09. The number of hydrogen-bond acceptors (Lipinski definition) is 3. The molecular weight excluding hydrogens is 322 g/mol. The molecule has 6 heteroatoms. The van der Waals surface area contributed by atoms with Crippen molar-refractivity contribution in [2.45, 2.75) is 25.8 Å². The molecule has 0 spiro atoms. The van der Waals surface area contributed by atoms with Gasteiger partial charge in [-0.05, 0) is 30.7 Å². The van der Waals surface area contributed by atoms with Crippen LogP contribution in [0.5, 0.6) is 0 Å². The van der Waals surface area contributed by atoms with E-state index in [1.54, 1.807) is 23.3 Å². The zero-order chi connectivity index (χ0) is 17.1. The molecule has 0 fully saturated rings. The van der Waals surface area contributed by atoms with Crippen LogP contribution in [0.2, 0.25) is 0 Å². The van der Waals surface area contributed by atoms with Crippen LogP contribution < -0.4 is 10.6 Å². The van der Waals surface area contributed by atoms with Gasteiger partial charge in [0.25, 0.3) is 0 Å². The number of nitrogens with one attached hydrogen (secondary N) is 2. The minimum absolute atomic E-state index is 0.00429. The summed E-state index contributed by atoms with van der Waals surface area (Å²) in [6, 6.07) is 11.7. The van der Waals surface area contributed by atoms with Crippen molar-refractivity contribution in [2.24, 2.45) is 0 Å². The van der Waals surface area contributed by atoms with E-state index in [0.29, 0.717) is 19.5 Å². The number of anilines is 1. The van der Waals surface area contributed by atoms with Crippen molar-refractivity contribution in [3.8, 4) is 0 Å². The highest BCUT2D eigenvalue weighted by molar-refractivity contribution is 7.11. The summed E-state index contributed by atoms with van der Waals surface area (Å²) in [5.74, 6) is 0.00615. The number of benzene rings is 1. The molecule has 3 amide bonds. The molecule has 1 aromatic carbocycles. The topological polar surface area (TPSA) is 61.4 Å². The Labute approximate surface area is 145 Å². The van der Waals surface area contributed by atoms with Crippen molar-refractivity contribution in [2.75, 3.05) is 18.9 Å². The number of amides is 3. The summed E-state index contributed by atoms with van der Waals surface area (Å²) < 4.78 is 0. The van der Waals surface area contributed by atoms with Gasteiger partial charge in [0.2, 0.25) is 5.91 Å². The largest absolute Gasteiger partial charge is 0.337 e. The third kappa shape index (κ3) is 3.76. The Morgan fingerprint density at radius 1 is 1.33 bits per heavy atom. The average molecular weight is 343 g/mol. The number of carbonyl (C=O) groups excluding carboxylic acids is 2. The molecule has 2 N–H and O–H groups in total. The van der Waals surface area contributed by atoms with Gasteiger partial charge in [-0.3, -0.25) is 4.79 Å². The Bertz CT molecular complexity index is 756. The number of nitrogens with zero attached hydrogens (tertiary/aromatic N) is 1. The first kappa shape index (κ1) is 16.5. The molecular formula is C18H21N3O2S. The molecule has 0 unspecified atom stereocenters. The van der Waals surface area contributed by atoms with E-state index in [4.69, 9.17) is 0 Å². The summed E-state index contributed by atoms with van der Waals surface area (Å²) in [7, 11) is 1.78. The van der Waals surface area contributed by atoms with Crippen LogP contribution in [-0.4, -0.2) is 30.4 Å². The molecule has 2 heterocycles. The van der Waals surface area contributed by atoms with Gasteiger partial charge in [-0.25, -0.2) is 4.79 Å². The zero-order valence-electron chi connectivity index (χ0n) is 13.8. The molecule has 0 radical (unpaired) electrons. The van der Waals surface area contributed by atoms with Crippen LogP contribution in [-0.2, 0) is 11.3 Å². The molecule has 3 rings (SSSR count). The van der Waals surface area contributed by atoms with E-state index in [1.807, 2.05) is 30.3 Å². The molecule has 126 valence electrons. The van der Waals surface area contributed by atoms with Gasteiger partial charge in [-0.1, -0.05) is 18.2 Å². The maximum atomic E-state index is 12.3. The van der Waals surface area contributed by atoms with Crippen LogP contribution in [0.1, 0.15) is 27.7 Å². The monoisotopic (exact) mass is 343 g/mol. The van der Waals surface area contributed by atoms with E-state index >= 15 is 0 Å². The van der Waals surface area contributed by atoms with Crippen LogP contribution in [0.4, 0.5) is 10.5 Å². The maximum Gasteiger partial charge on any atom is 0.317 e. The summed E-state index contributed by atoms with van der Waals surface area (Å²) >= 11 is 1.70. The van der Waals surface area contributed by atoms with E-state index < -0.39 is 0 Å². The van der Waals surface area contributed by atoms with Crippen LogP contribution in [0.15, 0.2) is 36.4 Å². The summed E-state index contributed by atoms with van der Waals surface area (Å²) in [5, 5.41) is 5.83. The number of urea groups is 1. The van der Waals surface area contributed by atoms with E-state index in [-0.39, 0.29) is 17.9 Å². The number of rotatable bonds is 4. The number of para-hydroxylation sites is 1. The lowest BCUT2D eigenvalue weighted by Crippen LogP contribution is -2.40. The van der Waals surface area contributed by atoms with Gasteiger partial charge < -0.3 is 15.5 Å². The number of thiophene rings is 1. The number of fused-ring (bicyclic) bond motifs is 1. The lowest BCUT2D eigenvalue weighted by Gasteiger charge is -2.26. The molecule has 1 aromatic heterocycles. The Hall–Kier alpha value is -2.34. The smallest absolute Gasteiger partial charge is 0.317 e. The lowest BCUT2D eigenvalue weighted by molar-refractivity contribution is -0.116. The Morgan fingerprint density at radius 2 is 2.12 bits per heavy atom.